The van der Waals surface area contributed by atoms with Gasteiger partial charge in [-0.15, -0.1) is 0 Å². The van der Waals surface area contributed by atoms with Crippen molar-refractivity contribution >= 4 is 35.1 Å². The van der Waals surface area contributed by atoms with E-state index in [9.17, 15) is 9.59 Å². The topological polar surface area (TPSA) is 87.1 Å². The highest BCUT2D eigenvalue weighted by atomic mass is 35.5. The van der Waals surface area contributed by atoms with Crippen molar-refractivity contribution in [2.45, 2.75) is 26.2 Å². The third kappa shape index (κ3) is 10.1. The van der Waals surface area contributed by atoms with Crippen molar-refractivity contribution in [2.75, 3.05) is 33.4 Å². The fourth-order valence-corrected chi connectivity index (χ4v) is 3.47. The van der Waals surface area contributed by atoms with Crippen molar-refractivity contribution in [3.63, 3.8) is 0 Å². The number of nitrogens with zero attached hydrogens (tertiary/aromatic N) is 1. The lowest BCUT2D eigenvalue weighted by Crippen LogP contribution is -2.39. The van der Waals surface area contributed by atoms with Gasteiger partial charge in [0.2, 0.25) is 0 Å². The summed E-state index contributed by atoms with van der Waals surface area (Å²) < 4.78 is 5.90. The van der Waals surface area contributed by atoms with Crippen LogP contribution in [0.2, 0.25) is 10.0 Å². The van der Waals surface area contributed by atoms with E-state index in [2.05, 4.69) is 31.9 Å². The lowest BCUT2D eigenvalue weighted by molar-refractivity contribution is -0.134. The molecule has 0 amide bonds. The minimum atomic E-state index is -1.26. The maximum absolute atomic E-state index is 9.55. The molecule has 0 aromatic heterocycles. The van der Waals surface area contributed by atoms with Crippen LogP contribution < -0.4 is 0 Å². The van der Waals surface area contributed by atoms with Crippen LogP contribution in [0, 0.1) is 11.8 Å². The first-order valence-electron chi connectivity index (χ1n) is 9.45. The fourth-order valence-electron chi connectivity index (χ4n) is 3.16. The Kier molecular flexibility index (Phi) is 11.3. The van der Waals surface area contributed by atoms with E-state index in [1.54, 1.807) is 0 Å². The van der Waals surface area contributed by atoms with Crippen LogP contribution in [0.5, 0.6) is 0 Å². The van der Waals surface area contributed by atoms with Crippen molar-refractivity contribution in [2.24, 2.45) is 11.8 Å². The summed E-state index contributed by atoms with van der Waals surface area (Å²) in [6, 6.07) is 6.04. The highest BCUT2D eigenvalue weighted by Crippen LogP contribution is 2.35. The molecule has 1 aromatic rings. The number of likely N-dealkylation sites (tertiary alicyclic amines) is 1. The van der Waals surface area contributed by atoms with E-state index in [1.165, 1.54) is 5.56 Å². The highest BCUT2D eigenvalue weighted by Gasteiger charge is 2.29. The average molecular weight is 446 g/mol. The molecule has 0 radical (unpaired) electrons. The van der Waals surface area contributed by atoms with Crippen molar-refractivity contribution in [1.29, 1.82) is 0 Å². The Morgan fingerprint density at radius 2 is 1.83 bits per heavy atom. The van der Waals surface area contributed by atoms with Gasteiger partial charge in [0.25, 0.3) is 0 Å². The molecule has 29 heavy (non-hydrogen) atoms. The predicted octanol–water partition coefficient (Wildman–Crippen LogP) is 4.41. The normalized spacial score (nSPS) is 19.8. The minimum absolute atomic E-state index is 0.503. The lowest BCUT2D eigenvalue weighted by Gasteiger charge is -2.37. The molecule has 1 aliphatic heterocycles. The third-order valence-electron chi connectivity index (χ3n) is 4.46. The van der Waals surface area contributed by atoms with Gasteiger partial charge < -0.3 is 19.8 Å². The van der Waals surface area contributed by atoms with Crippen LogP contribution in [0.1, 0.15) is 31.7 Å². The molecule has 0 unspecified atom stereocenters. The zero-order chi connectivity index (χ0) is 22.0. The van der Waals surface area contributed by atoms with Crippen molar-refractivity contribution in [1.82, 2.24) is 4.90 Å². The number of benzene rings is 1. The van der Waals surface area contributed by atoms with Crippen LogP contribution in [-0.4, -0.2) is 60.4 Å². The van der Waals surface area contributed by atoms with Gasteiger partial charge in [-0.2, -0.15) is 0 Å². The molecule has 1 aliphatic rings. The zero-order valence-electron chi connectivity index (χ0n) is 17.0. The molecule has 0 saturated carbocycles. The molecule has 1 saturated heterocycles. The molecule has 1 fully saturated rings. The molecular formula is C21H29Cl2NO5. The largest absolute Gasteiger partial charge is 0.478 e. The average Bonchev–Trinajstić information content (AvgIpc) is 2.63. The number of piperidine rings is 1. The molecule has 6 nitrogen and oxygen atoms in total. The van der Waals surface area contributed by atoms with Crippen LogP contribution in [0.3, 0.4) is 0 Å². The predicted molar refractivity (Wildman–Crippen MR) is 115 cm³/mol. The molecule has 1 heterocycles. The second-order valence-corrected chi connectivity index (χ2v) is 8.35. The smallest absolute Gasteiger partial charge is 0.328 e. The third-order valence-corrected chi connectivity index (χ3v) is 5.20. The Balaban J connectivity index is 0.000000447. The van der Waals surface area contributed by atoms with Gasteiger partial charge in [0.05, 0.1) is 16.7 Å². The maximum Gasteiger partial charge on any atom is 0.328 e. The lowest BCUT2D eigenvalue weighted by atomic mass is 9.81. The first-order chi connectivity index (χ1) is 13.6. The van der Waals surface area contributed by atoms with Gasteiger partial charge in [0.15, 0.2) is 0 Å². The minimum Gasteiger partial charge on any atom is -0.478 e. The number of aliphatic carboxylic acids is 2. The summed E-state index contributed by atoms with van der Waals surface area (Å²) in [5, 5.41) is 16.9. The summed E-state index contributed by atoms with van der Waals surface area (Å²) in [6.45, 7) is 8.20. The van der Waals surface area contributed by atoms with Gasteiger partial charge in [0, 0.05) is 31.2 Å². The first-order valence-corrected chi connectivity index (χ1v) is 10.2. The number of hydrogen-bond acceptors (Lipinski definition) is 4. The van der Waals surface area contributed by atoms with Crippen molar-refractivity contribution in [3.8, 4) is 0 Å². The highest BCUT2D eigenvalue weighted by molar-refractivity contribution is 6.42. The van der Waals surface area contributed by atoms with Crippen LogP contribution in [0.25, 0.3) is 0 Å². The van der Waals surface area contributed by atoms with Crippen LogP contribution in [0.4, 0.5) is 0 Å². The molecule has 0 bridgehead atoms. The van der Waals surface area contributed by atoms with E-state index in [0.717, 1.165) is 32.7 Å². The number of ether oxygens (including phenoxy) is 1. The van der Waals surface area contributed by atoms with E-state index in [4.69, 9.17) is 38.2 Å². The molecule has 8 heteroatoms. The SMILES string of the molecule is CC(C)COC[C@@H]1CN(C)CC[C@H]1c1ccc(Cl)c(Cl)c1.O=C(O)C=CC(=O)O. The first kappa shape index (κ1) is 25.4. The Hall–Kier alpha value is -1.60. The van der Waals surface area contributed by atoms with Gasteiger partial charge in [-0.25, -0.2) is 9.59 Å². The van der Waals surface area contributed by atoms with E-state index in [0.29, 0.717) is 40.0 Å². The number of rotatable bonds is 7. The maximum atomic E-state index is 9.55. The molecule has 2 N–H and O–H groups in total. The van der Waals surface area contributed by atoms with E-state index in [-0.39, 0.29) is 0 Å². The monoisotopic (exact) mass is 445 g/mol. The molecule has 0 spiro atoms. The summed E-state index contributed by atoms with van der Waals surface area (Å²) in [7, 11) is 2.18. The van der Waals surface area contributed by atoms with Crippen LogP contribution >= 0.6 is 23.2 Å². The Bertz CT molecular complexity index is 692. The molecule has 1 aromatic carbocycles. The zero-order valence-corrected chi connectivity index (χ0v) is 18.5. The molecular weight excluding hydrogens is 417 g/mol. The summed E-state index contributed by atoms with van der Waals surface area (Å²) in [5.74, 6) is -0.919. The van der Waals surface area contributed by atoms with Crippen molar-refractivity contribution < 1.29 is 24.5 Å². The summed E-state index contributed by atoms with van der Waals surface area (Å²) in [5.41, 5.74) is 1.29. The molecule has 2 atom stereocenters. The van der Waals surface area contributed by atoms with Gasteiger partial charge in [-0.05, 0) is 49.5 Å². The number of halogens is 2. The second kappa shape index (κ2) is 12.9. The Morgan fingerprint density at radius 3 is 2.34 bits per heavy atom. The Labute approximate surface area is 182 Å². The van der Waals surface area contributed by atoms with Crippen LogP contribution in [0.15, 0.2) is 30.4 Å². The summed E-state index contributed by atoms with van der Waals surface area (Å²) in [6.07, 6.45) is 2.26. The van der Waals surface area contributed by atoms with Gasteiger partial charge in [-0.3, -0.25) is 0 Å². The standard InChI is InChI=1S/C17H25Cl2NO.C4H4O4/c1-12(2)10-21-11-14-9-20(3)7-6-15(14)13-4-5-16(18)17(19)8-13;5-3(6)1-2-4(7)8/h4-5,8,12,14-15H,6-7,9-11H2,1-3H3;1-2H,(H,5,6)(H,7,8)/t14-,15-;/m0./s1. The van der Waals surface area contributed by atoms with E-state index < -0.39 is 11.9 Å². The number of hydrogen-bond donors (Lipinski definition) is 2. The fraction of sp³-hybridized carbons (Fsp3) is 0.524. The Morgan fingerprint density at radius 1 is 1.21 bits per heavy atom. The number of carbonyl (C=O) groups is 2. The van der Waals surface area contributed by atoms with Crippen LogP contribution in [-0.2, 0) is 14.3 Å². The molecule has 162 valence electrons. The van der Waals surface area contributed by atoms with E-state index in [1.807, 2.05) is 12.1 Å². The van der Waals surface area contributed by atoms with Crippen molar-refractivity contribution in [3.05, 3.63) is 46.0 Å². The summed E-state index contributed by atoms with van der Waals surface area (Å²) in [4.78, 5) is 21.5. The quantitative estimate of drug-likeness (QED) is 0.604. The summed E-state index contributed by atoms with van der Waals surface area (Å²) >= 11 is 12.2. The molecule has 0 aliphatic carbocycles. The van der Waals surface area contributed by atoms with Gasteiger partial charge >= 0.3 is 11.9 Å². The number of carboxylic acid groups (broad SMARTS) is 2. The number of carboxylic acids is 2. The van der Waals surface area contributed by atoms with E-state index >= 15 is 0 Å². The molecule has 2 rings (SSSR count). The second-order valence-electron chi connectivity index (χ2n) is 7.53. The van der Waals surface area contributed by atoms with Gasteiger partial charge in [-0.1, -0.05) is 43.1 Å². The van der Waals surface area contributed by atoms with Gasteiger partial charge in [0.1, 0.15) is 0 Å².